The second-order valence-electron chi connectivity index (χ2n) is 2.36. The molecule has 0 aliphatic rings. The topological polar surface area (TPSA) is 32.4 Å². The van der Waals surface area contributed by atoms with E-state index in [9.17, 15) is 4.91 Å². The smallest absolute Gasteiger partial charge is 0.0827 e. The first-order valence-corrected chi connectivity index (χ1v) is 3.59. The number of nitrogens with zero attached hydrogens (tertiary/aromatic N) is 2. The molecule has 62 valence electrons. The molecular weight excluding hydrogens is 164 g/mol. The van der Waals surface area contributed by atoms with Gasteiger partial charge in [0.05, 0.1) is 0 Å². The Morgan fingerprint density at radius 2 is 1.91 bits per heavy atom. The number of likely N-dealkylation sites (N-methyl/N-ethyl adjacent to an activating group) is 1. The molecule has 0 fully saturated rings. The molecule has 0 saturated heterocycles. The summed E-state index contributed by atoms with van der Waals surface area (Å²) in [6, 6.07) is 0. The summed E-state index contributed by atoms with van der Waals surface area (Å²) in [5.41, 5.74) is 0.884. The third-order valence-electron chi connectivity index (χ3n) is 1.15. The Morgan fingerprint density at radius 1 is 1.45 bits per heavy atom. The van der Waals surface area contributed by atoms with Crippen LogP contribution in [0.1, 0.15) is 13.8 Å². The fraction of sp³-hybridized carbons (Fsp3) is 0.571. The van der Waals surface area contributed by atoms with Gasteiger partial charge in [0.25, 0.3) is 0 Å². The maximum absolute atomic E-state index is 10.8. The summed E-state index contributed by atoms with van der Waals surface area (Å²) in [6.07, 6.45) is 0. The van der Waals surface area contributed by atoms with Crippen LogP contribution in [-0.2, 0) is 0 Å². The van der Waals surface area contributed by atoms with Crippen LogP contribution in [0.3, 0.4) is 0 Å². The molecular formula is C7H12ClN2O+. The largest absolute Gasteiger partial charge is 0.373 e. The number of aliphatic imine (C=N–C) groups is 1. The van der Waals surface area contributed by atoms with E-state index in [1.54, 1.807) is 0 Å². The van der Waals surface area contributed by atoms with Gasteiger partial charge in [-0.15, -0.1) is 0 Å². The van der Waals surface area contributed by atoms with E-state index in [1.165, 1.54) is 14.1 Å². The highest BCUT2D eigenvalue weighted by Crippen LogP contribution is 2.10. The van der Waals surface area contributed by atoms with Crippen molar-refractivity contribution in [3.63, 3.8) is 0 Å². The monoisotopic (exact) mass is 175 g/mol. The minimum Gasteiger partial charge on any atom is -0.0827 e. The van der Waals surface area contributed by atoms with Crippen molar-refractivity contribution >= 4 is 17.4 Å². The summed E-state index contributed by atoms with van der Waals surface area (Å²) in [5.74, 6) is 0.270. The van der Waals surface area contributed by atoms with Gasteiger partial charge in [-0.2, -0.15) is 0 Å². The summed E-state index contributed by atoms with van der Waals surface area (Å²) in [5, 5.41) is 0.421. The number of allylic oxidation sites excluding steroid dienone is 1. The Hall–Kier alpha value is -0.700. The third kappa shape index (κ3) is 2.80. The van der Waals surface area contributed by atoms with Crippen molar-refractivity contribution in [3.8, 4) is 0 Å². The average molecular weight is 176 g/mol. The molecule has 0 aromatic carbocycles. The first kappa shape index (κ1) is 10.3. The van der Waals surface area contributed by atoms with Crippen molar-refractivity contribution in [1.29, 1.82) is 0 Å². The maximum Gasteiger partial charge on any atom is 0.373 e. The molecule has 3 nitrogen and oxygen atoms in total. The predicted octanol–water partition coefficient (Wildman–Crippen LogP) is 1.96. The Bertz CT molecular complexity index is 227. The number of rotatable bonds is 1. The molecule has 0 aromatic rings. The zero-order valence-electron chi connectivity index (χ0n) is 7.18. The zero-order valence-corrected chi connectivity index (χ0v) is 7.94. The Kier molecular flexibility index (Phi) is 3.97. The molecule has 0 radical (unpaired) electrons. The lowest BCUT2D eigenvalue weighted by molar-refractivity contribution is -0.393. The molecule has 0 unspecified atom stereocenters. The van der Waals surface area contributed by atoms with Crippen molar-refractivity contribution in [2.45, 2.75) is 13.8 Å². The first-order chi connectivity index (χ1) is 5.00. The van der Waals surface area contributed by atoms with Crippen LogP contribution in [0.2, 0.25) is 0 Å². The van der Waals surface area contributed by atoms with Crippen molar-refractivity contribution in [2.75, 3.05) is 14.1 Å². The Balaban J connectivity index is 4.85. The molecule has 0 N–H and O–H groups in total. The van der Waals surface area contributed by atoms with Gasteiger partial charge in [-0.1, -0.05) is 21.5 Å². The second kappa shape index (κ2) is 4.23. The van der Waals surface area contributed by atoms with Crippen LogP contribution in [-0.4, -0.2) is 24.7 Å². The van der Waals surface area contributed by atoms with Crippen LogP contribution in [0.5, 0.6) is 0 Å². The van der Waals surface area contributed by atoms with E-state index in [0.29, 0.717) is 9.79 Å². The molecule has 0 aliphatic carbocycles. The summed E-state index contributed by atoms with van der Waals surface area (Å²) < 4.78 is 0.648. The molecule has 0 atom stereocenters. The van der Waals surface area contributed by atoms with Crippen molar-refractivity contribution in [3.05, 3.63) is 15.5 Å². The Morgan fingerprint density at radius 3 is 2.00 bits per heavy atom. The minimum absolute atomic E-state index is 0.270. The lowest BCUT2D eigenvalue weighted by Gasteiger charge is -1.93. The maximum atomic E-state index is 10.8. The Labute approximate surface area is 71.3 Å². The zero-order chi connectivity index (χ0) is 9.02. The van der Waals surface area contributed by atoms with E-state index in [-0.39, 0.29) is 5.84 Å². The molecule has 0 saturated carbocycles. The SMILES string of the molecule is CN=C(C(Cl)=C(C)C)[N+](C)=O. The van der Waals surface area contributed by atoms with Crippen molar-refractivity contribution < 1.29 is 4.76 Å². The van der Waals surface area contributed by atoms with Gasteiger partial charge in [0.2, 0.25) is 0 Å². The minimum atomic E-state index is 0.270. The number of halogens is 1. The molecule has 0 aliphatic heterocycles. The average Bonchev–Trinajstić information content (AvgIpc) is 1.88. The quantitative estimate of drug-likeness (QED) is 0.341. The van der Waals surface area contributed by atoms with Gasteiger partial charge in [0, 0.05) is 0 Å². The van der Waals surface area contributed by atoms with Crippen LogP contribution < -0.4 is 0 Å². The van der Waals surface area contributed by atoms with Gasteiger partial charge in [-0.25, -0.2) is 0 Å². The molecule has 0 rings (SSSR count). The van der Waals surface area contributed by atoms with Crippen LogP contribution in [0, 0.1) is 4.91 Å². The summed E-state index contributed by atoms with van der Waals surface area (Å²) >= 11 is 5.78. The molecule has 0 amide bonds. The lowest BCUT2D eigenvalue weighted by Crippen LogP contribution is -2.14. The number of hydrogen-bond acceptors (Lipinski definition) is 2. The molecule has 0 bridgehead atoms. The van der Waals surface area contributed by atoms with E-state index >= 15 is 0 Å². The van der Waals surface area contributed by atoms with Crippen molar-refractivity contribution in [2.24, 2.45) is 4.99 Å². The van der Waals surface area contributed by atoms with E-state index in [0.717, 1.165) is 5.57 Å². The summed E-state index contributed by atoms with van der Waals surface area (Å²) in [7, 11) is 2.91. The number of hydrogen-bond donors (Lipinski definition) is 0. The molecule has 4 heteroatoms. The highest BCUT2D eigenvalue weighted by Gasteiger charge is 2.17. The number of nitroso groups, excluding NO2 is 1. The molecule has 0 spiro atoms. The van der Waals surface area contributed by atoms with Crippen LogP contribution in [0.25, 0.3) is 0 Å². The highest BCUT2D eigenvalue weighted by atomic mass is 35.5. The highest BCUT2D eigenvalue weighted by molar-refractivity contribution is 6.42. The molecule has 0 aromatic heterocycles. The van der Waals surface area contributed by atoms with Gasteiger partial charge in [-0.05, 0) is 24.2 Å². The van der Waals surface area contributed by atoms with Gasteiger partial charge < -0.3 is 0 Å². The number of amidine groups is 1. The van der Waals surface area contributed by atoms with Gasteiger partial charge in [-0.3, -0.25) is 0 Å². The van der Waals surface area contributed by atoms with Gasteiger partial charge in [0.15, 0.2) is 0 Å². The lowest BCUT2D eigenvalue weighted by atomic mass is 10.3. The summed E-state index contributed by atoms with van der Waals surface area (Å²) in [4.78, 5) is 14.5. The second-order valence-corrected chi connectivity index (χ2v) is 2.74. The standard InChI is InChI=1S/C7H12ClN2O/c1-5(2)6(8)7(9-3)10(4)11/h1-4H3/q+1. The van der Waals surface area contributed by atoms with E-state index < -0.39 is 0 Å². The molecule has 11 heavy (non-hydrogen) atoms. The van der Waals surface area contributed by atoms with Gasteiger partial charge >= 0.3 is 5.84 Å². The van der Waals surface area contributed by atoms with E-state index in [2.05, 4.69) is 4.99 Å². The van der Waals surface area contributed by atoms with Gasteiger partial charge in [0.1, 0.15) is 19.1 Å². The summed E-state index contributed by atoms with van der Waals surface area (Å²) in [6.45, 7) is 3.66. The first-order valence-electron chi connectivity index (χ1n) is 3.21. The molecule has 0 heterocycles. The van der Waals surface area contributed by atoms with Crippen LogP contribution in [0.4, 0.5) is 0 Å². The van der Waals surface area contributed by atoms with E-state index in [4.69, 9.17) is 11.6 Å². The predicted molar refractivity (Wildman–Crippen MR) is 47.1 cm³/mol. The van der Waals surface area contributed by atoms with Crippen LogP contribution in [0.15, 0.2) is 15.6 Å². The van der Waals surface area contributed by atoms with Crippen LogP contribution >= 0.6 is 11.6 Å². The van der Waals surface area contributed by atoms with E-state index in [1.807, 2.05) is 13.8 Å². The van der Waals surface area contributed by atoms with Crippen molar-refractivity contribution in [1.82, 2.24) is 0 Å². The normalized spacial score (nSPS) is 11.2. The fourth-order valence-corrected chi connectivity index (χ4v) is 0.804. The fourth-order valence-electron chi connectivity index (χ4n) is 0.601. The third-order valence-corrected chi connectivity index (χ3v) is 1.69.